The Morgan fingerprint density at radius 3 is 2.50 bits per heavy atom. The highest BCUT2D eigenvalue weighted by Crippen LogP contribution is 1.80. The number of primary amides is 1. The molecule has 68 valence electrons. The van der Waals surface area contributed by atoms with Gasteiger partial charge in [0.25, 0.3) is 11.8 Å². The molecule has 0 aliphatic carbocycles. The van der Waals surface area contributed by atoms with Crippen molar-refractivity contribution in [1.29, 1.82) is 0 Å². The summed E-state index contributed by atoms with van der Waals surface area (Å²) in [4.78, 5) is 24.3. The molecule has 0 aliphatic rings. The molecule has 0 fully saturated rings. The Hall–Kier alpha value is -1.46. The maximum atomic E-state index is 11.6. The van der Waals surface area contributed by atoms with Crippen molar-refractivity contribution >= 4 is 17.5 Å². The Labute approximate surface area is 68.8 Å². The number of carbonyl (C=O) groups is 2. The number of halogens is 1. The highest BCUT2D eigenvalue weighted by Gasteiger charge is 2.15. The van der Waals surface area contributed by atoms with E-state index in [-0.39, 0.29) is 0 Å². The molecular weight excluding hydrogens is 165 g/mol. The molecule has 0 atom stereocenters. The highest BCUT2D eigenvalue weighted by atomic mass is 19.1. The van der Waals surface area contributed by atoms with Gasteiger partial charge in [-0.1, -0.05) is 0 Å². The molecule has 0 bridgehead atoms. The van der Waals surface area contributed by atoms with Gasteiger partial charge in [0, 0.05) is 6.54 Å². The van der Waals surface area contributed by atoms with Crippen molar-refractivity contribution in [1.82, 2.24) is 5.32 Å². The average molecular weight is 175 g/mol. The lowest BCUT2D eigenvalue weighted by Gasteiger charge is -2.00. The fourth-order valence-corrected chi connectivity index (χ4v) is 0.566. The molecule has 0 aromatic rings. The van der Waals surface area contributed by atoms with Crippen LogP contribution >= 0.6 is 0 Å². The topological polar surface area (TPSA) is 84.6 Å². The van der Waals surface area contributed by atoms with E-state index in [9.17, 15) is 14.0 Å². The summed E-state index contributed by atoms with van der Waals surface area (Å²) < 4.78 is 11.6. The number of nitrogens with one attached hydrogen (secondary N) is 1. The van der Waals surface area contributed by atoms with Gasteiger partial charge in [0.2, 0.25) is 0 Å². The Morgan fingerprint density at radius 1 is 1.58 bits per heavy atom. The lowest BCUT2D eigenvalue weighted by atomic mass is 10.3. The molecule has 0 saturated carbocycles. The van der Waals surface area contributed by atoms with Crippen LogP contribution in [0.3, 0.4) is 0 Å². The molecule has 0 aromatic heterocycles. The largest absolute Gasteiger partial charge is 0.364 e. The van der Waals surface area contributed by atoms with Gasteiger partial charge in [0.1, 0.15) is 0 Å². The number of nitrogens with zero attached hydrogens (tertiary/aromatic N) is 1. The zero-order valence-electron chi connectivity index (χ0n) is 6.63. The van der Waals surface area contributed by atoms with Crippen LogP contribution in [-0.2, 0) is 9.59 Å². The lowest BCUT2D eigenvalue weighted by molar-refractivity contribution is -0.117. The van der Waals surface area contributed by atoms with Gasteiger partial charge in [-0.3, -0.25) is 9.59 Å². The van der Waals surface area contributed by atoms with Crippen molar-refractivity contribution in [3.05, 3.63) is 0 Å². The van der Waals surface area contributed by atoms with Crippen LogP contribution in [-0.4, -0.2) is 30.9 Å². The second-order valence-electron chi connectivity index (χ2n) is 1.85. The van der Waals surface area contributed by atoms with Gasteiger partial charge in [0.05, 0.1) is 0 Å². The van der Waals surface area contributed by atoms with Gasteiger partial charge in [-0.2, -0.15) is 0 Å². The average Bonchev–Trinajstić information content (AvgIpc) is 1.99. The van der Waals surface area contributed by atoms with E-state index in [0.29, 0.717) is 6.54 Å². The molecule has 0 rings (SSSR count). The van der Waals surface area contributed by atoms with Gasteiger partial charge < -0.3 is 11.1 Å². The second-order valence-corrected chi connectivity index (χ2v) is 1.85. The molecule has 5 nitrogen and oxygen atoms in total. The third-order valence-corrected chi connectivity index (χ3v) is 1.00. The number of amides is 2. The van der Waals surface area contributed by atoms with Crippen molar-refractivity contribution in [2.24, 2.45) is 10.7 Å². The van der Waals surface area contributed by atoms with E-state index in [1.165, 1.54) is 0 Å². The standard InChI is InChI=1S/C6H10FN3O2/c1-2-9-6(12)4(5(8)11)10-3-7/h2-3H2,1H3,(H2,8,11)(H,9,12). The first kappa shape index (κ1) is 10.5. The summed E-state index contributed by atoms with van der Waals surface area (Å²) in [6.07, 6.45) is 0. The van der Waals surface area contributed by atoms with Crippen LogP contribution in [0.15, 0.2) is 4.99 Å². The molecular formula is C6H10FN3O2. The fourth-order valence-electron chi connectivity index (χ4n) is 0.566. The molecule has 0 heterocycles. The quantitative estimate of drug-likeness (QED) is 0.325. The third kappa shape index (κ3) is 3.09. The monoisotopic (exact) mass is 175 g/mol. The minimum atomic E-state index is -1.13. The smallest absolute Gasteiger partial charge is 0.275 e. The lowest BCUT2D eigenvalue weighted by Crippen LogP contribution is -2.39. The fraction of sp³-hybridized carbons (Fsp3) is 0.500. The predicted octanol–water partition coefficient (Wildman–Crippen LogP) is -1.02. The van der Waals surface area contributed by atoms with Crippen LogP contribution in [0, 0.1) is 0 Å². The number of rotatable bonds is 4. The maximum absolute atomic E-state index is 11.6. The number of alkyl halides is 1. The van der Waals surface area contributed by atoms with Crippen LogP contribution < -0.4 is 11.1 Å². The molecule has 3 N–H and O–H groups in total. The summed E-state index contributed by atoms with van der Waals surface area (Å²) in [6.45, 7) is 0.860. The number of hydrogen-bond donors (Lipinski definition) is 2. The van der Waals surface area contributed by atoms with Crippen molar-refractivity contribution in [2.75, 3.05) is 13.3 Å². The molecule has 0 radical (unpaired) electrons. The number of hydrogen-bond acceptors (Lipinski definition) is 3. The Morgan fingerprint density at radius 2 is 2.17 bits per heavy atom. The first-order chi connectivity index (χ1) is 5.63. The minimum Gasteiger partial charge on any atom is -0.364 e. The van der Waals surface area contributed by atoms with E-state index < -0.39 is 24.3 Å². The van der Waals surface area contributed by atoms with Gasteiger partial charge in [-0.15, -0.1) is 0 Å². The summed E-state index contributed by atoms with van der Waals surface area (Å²) in [6, 6.07) is 0. The summed E-state index contributed by atoms with van der Waals surface area (Å²) in [7, 11) is 0. The predicted molar refractivity (Wildman–Crippen MR) is 41.3 cm³/mol. The van der Waals surface area contributed by atoms with Crippen molar-refractivity contribution < 1.29 is 14.0 Å². The van der Waals surface area contributed by atoms with E-state index >= 15 is 0 Å². The summed E-state index contributed by atoms with van der Waals surface area (Å²) in [5.74, 6) is -1.78. The first-order valence-electron chi connectivity index (χ1n) is 3.31. The summed E-state index contributed by atoms with van der Waals surface area (Å²) >= 11 is 0. The Kier molecular flexibility index (Phi) is 4.59. The van der Waals surface area contributed by atoms with E-state index in [1.807, 2.05) is 0 Å². The maximum Gasteiger partial charge on any atom is 0.275 e. The third-order valence-electron chi connectivity index (χ3n) is 1.00. The number of carbonyl (C=O) groups excluding carboxylic acids is 2. The van der Waals surface area contributed by atoms with E-state index in [4.69, 9.17) is 5.73 Å². The van der Waals surface area contributed by atoms with Crippen molar-refractivity contribution in [2.45, 2.75) is 6.92 Å². The zero-order valence-corrected chi connectivity index (χ0v) is 6.63. The van der Waals surface area contributed by atoms with E-state index in [0.717, 1.165) is 0 Å². The number of nitrogens with two attached hydrogens (primary N) is 1. The summed E-state index contributed by atoms with van der Waals surface area (Å²) in [5, 5.41) is 2.27. The van der Waals surface area contributed by atoms with Crippen LogP contribution in [0.5, 0.6) is 0 Å². The van der Waals surface area contributed by atoms with E-state index in [1.54, 1.807) is 6.92 Å². The Bertz CT molecular complexity index is 215. The normalized spacial score (nSPS) is 11.0. The molecule has 0 aliphatic heterocycles. The molecule has 0 unspecified atom stereocenters. The van der Waals surface area contributed by atoms with Crippen molar-refractivity contribution in [3.8, 4) is 0 Å². The van der Waals surface area contributed by atoms with Gasteiger partial charge in [-0.05, 0) is 6.92 Å². The van der Waals surface area contributed by atoms with Crippen molar-refractivity contribution in [3.63, 3.8) is 0 Å². The number of aliphatic imine (C=N–C) groups is 1. The van der Waals surface area contributed by atoms with Gasteiger partial charge >= 0.3 is 0 Å². The minimum absolute atomic E-state index is 0.331. The van der Waals surface area contributed by atoms with Crippen LogP contribution in [0.25, 0.3) is 0 Å². The highest BCUT2D eigenvalue weighted by molar-refractivity contribution is 6.64. The van der Waals surface area contributed by atoms with Gasteiger partial charge in [-0.25, -0.2) is 9.38 Å². The molecule has 12 heavy (non-hydrogen) atoms. The van der Waals surface area contributed by atoms with Crippen LogP contribution in [0.1, 0.15) is 6.92 Å². The van der Waals surface area contributed by atoms with Gasteiger partial charge in [0.15, 0.2) is 12.5 Å². The second kappa shape index (κ2) is 5.22. The molecule has 0 spiro atoms. The Balaban J connectivity index is 4.41. The zero-order chi connectivity index (χ0) is 9.56. The van der Waals surface area contributed by atoms with Crippen LogP contribution in [0.4, 0.5) is 4.39 Å². The van der Waals surface area contributed by atoms with Crippen LogP contribution in [0.2, 0.25) is 0 Å². The summed E-state index contributed by atoms with van der Waals surface area (Å²) in [5.41, 5.74) is 4.17. The SMILES string of the molecule is CCNC(=O)C(=NCF)C(N)=O. The molecule has 0 saturated heterocycles. The van der Waals surface area contributed by atoms with E-state index in [2.05, 4.69) is 10.3 Å². The first-order valence-corrected chi connectivity index (χ1v) is 3.31. The molecule has 2 amide bonds. The molecule has 0 aromatic carbocycles. The molecule has 6 heteroatoms.